The zero-order valence-electron chi connectivity index (χ0n) is 12.6. The molecule has 1 saturated heterocycles. The van der Waals surface area contributed by atoms with Gasteiger partial charge in [0.1, 0.15) is 0 Å². The SMILES string of the molecule is NC(=O)[C@H]1CCCN(CC(=O)NCCc2cccc(Cl)c2)C1. The summed E-state index contributed by atoms with van der Waals surface area (Å²) in [5.41, 5.74) is 6.44. The van der Waals surface area contributed by atoms with Gasteiger partial charge in [-0.2, -0.15) is 0 Å². The summed E-state index contributed by atoms with van der Waals surface area (Å²) < 4.78 is 0. The van der Waals surface area contributed by atoms with Crippen molar-refractivity contribution >= 4 is 23.4 Å². The van der Waals surface area contributed by atoms with Crippen molar-refractivity contribution in [2.75, 3.05) is 26.2 Å². The van der Waals surface area contributed by atoms with Crippen molar-refractivity contribution in [1.82, 2.24) is 10.2 Å². The van der Waals surface area contributed by atoms with E-state index >= 15 is 0 Å². The minimum absolute atomic E-state index is 0.0212. The van der Waals surface area contributed by atoms with Gasteiger partial charge in [-0.05, 0) is 43.5 Å². The van der Waals surface area contributed by atoms with E-state index < -0.39 is 0 Å². The van der Waals surface area contributed by atoms with E-state index in [1.807, 2.05) is 29.2 Å². The minimum Gasteiger partial charge on any atom is -0.369 e. The largest absolute Gasteiger partial charge is 0.369 e. The predicted octanol–water partition coefficient (Wildman–Crippen LogP) is 1.20. The summed E-state index contributed by atoms with van der Waals surface area (Å²) in [6.07, 6.45) is 2.47. The number of nitrogens with one attached hydrogen (secondary N) is 1. The van der Waals surface area contributed by atoms with Crippen LogP contribution in [0.2, 0.25) is 5.02 Å². The Morgan fingerprint density at radius 2 is 2.23 bits per heavy atom. The van der Waals surface area contributed by atoms with Crippen LogP contribution in [0.5, 0.6) is 0 Å². The molecule has 6 heteroatoms. The second-order valence-corrected chi connectivity index (χ2v) is 6.14. The molecule has 0 saturated carbocycles. The first-order valence-electron chi connectivity index (χ1n) is 7.57. The second-order valence-electron chi connectivity index (χ2n) is 5.71. The molecular weight excluding hydrogens is 302 g/mol. The van der Waals surface area contributed by atoms with Gasteiger partial charge < -0.3 is 11.1 Å². The maximum Gasteiger partial charge on any atom is 0.234 e. The Hall–Kier alpha value is -1.59. The van der Waals surface area contributed by atoms with Gasteiger partial charge >= 0.3 is 0 Å². The first-order chi connectivity index (χ1) is 10.5. The van der Waals surface area contributed by atoms with Gasteiger partial charge in [-0.3, -0.25) is 14.5 Å². The first kappa shape index (κ1) is 16.8. The molecule has 1 heterocycles. The molecule has 5 nitrogen and oxygen atoms in total. The van der Waals surface area contributed by atoms with Gasteiger partial charge in [0.25, 0.3) is 0 Å². The monoisotopic (exact) mass is 323 g/mol. The smallest absolute Gasteiger partial charge is 0.234 e. The third kappa shape index (κ3) is 5.31. The van der Waals surface area contributed by atoms with Crippen LogP contribution in [0.4, 0.5) is 0 Å². The predicted molar refractivity (Wildman–Crippen MR) is 86.5 cm³/mol. The molecule has 1 atom stereocenters. The molecule has 1 aromatic rings. The molecule has 1 aliphatic rings. The molecule has 22 heavy (non-hydrogen) atoms. The number of primary amides is 1. The Morgan fingerprint density at radius 3 is 2.95 bits per heavy atom. The molecule has 0 spiro atoms. The van der Waals surface area contributed by atoms with E-state index in [-0.39, 0.29) is 17.7 Å². The normalized spacial score (nSPS) is 18.9. The van der Waals surface area contributed by atoms with Crippen molar-refractivity contribution in [3.8, 4) is 0 Å². The van der Waals surface area contributed by atoms with Crippen molar-refractivity contribution in [2.24, 2.45) is 11.7 Å². The molecule has 1 fully saturated rings. The van der Waals surface area contributed by atoms with E-state index in [0.29, 0.717) is 24.7 Å². The number of piperidine rings is 1. The van der Waals surface area contributed by atoms with E-state index in [1.54, 1.807) is 0 Å². The first-order valence-corrected chi connectivity index (χ1v) is 7.95. The van der Waals surface area contributed by atoms with Gasteiger partial charge in [0.05, 0.1) is 12.5 Å². The molecule has 120 valence electrons. The Kier molecular flexibility index (Phi) is 6.21. The zero-order chi connectivity index (χ0) is 15.9. The number of rotatable bonds is 6. The highest BCUT2D eigenvalue weighted by Gasteiger charge is 2.24. The van der Waals surface area contributed by atoms with Crippen LogP contribution in [0, 0.1) is 5.92 Å². The summed E-state index contributed by atoms with van der Waals surface area (Å²) in [5, 5.41) is 3.61. The lowest BCUT2D eigenvalue weighted by atomic mass is 9.97. The van der Waals surface area contributed by atoms with Gasteiger partial charge in [-0.15, -0.1) is 0 Å². The lowest BCUT2D eigenvalue weighted by Crippen LogP contribution is -2.45. The molecule has 3 N–H and O–H groups in total. The summed E-state index contributed by atoms with van der Waals surface area (Å²) in [6, 6.07) is 7.61. The average molecular weight is 324 g/mol. The number of amides is 2. The van der Waals surface area contributed by atoms with Crippen LogP contribution in [0.15, 0.2) is 24.3 Å². The fourth-order valence-electron chi connectivity index (χ4n) is 2.73. The summed E-state index contributed by atoms with van der Waals surface area (Å²) in [4.78, 5) is 25.2. The molecule has 0 aliphatic carbocycles. The minimum atomic E-state index is -0.272. The number of nitrogens with zero attached hydrogens (tertiary/aromatic N) is 1. The average Bonchev–Trinajstić information content (AvgIpc) is 2.47. The van der Waals surface area contributed by atoms with E-state index in [4.69, 9.17) is 17.3 Å². The van der Waals surface area contributed by atoms with Crippen molar-refractivity contribution in [1.29, 1.82) is 0 Å². The van der Waals surface area contributed by atoms with Crippen molar-refractivity contribution < 1.29 is 9.59 Å². The number of likely N-dealkylation sites (tertiary alicyclic amines) is 1. The topological polar surface area (TPSA) is 75.4 Å². The Morgan fingerprint density at radius 1 is 1.41 bits per heavy atom. The third-order valence-corrected chi connectivity index (χ3v) is 4.14. The number of halogens is 1. The van der Waals surface area contributed by atoms with Crippen LogP contribution in [0.25, 0.3) is 0 Å². The molecule has 0 radical (unpaired) electrons. The van der Waals surface area contributed by atoms with Crippen molar-refractivity contribution in [2.45, 2.75) is 19.3 Å². The van der Waals surface area contributed by atoms with Gasteiger partial charge in [-0.1, -0.05) is 23.7 Å². The van der Waals surface area contributed by atoms with Crippen LogP contribution in [-0.4, -0.2) is 42.9 Å². The molecule has 2 amide bonds. The third-order valence-electron chi connectivity index (χ3n) is 3.90. The molecule has 2 rings (SSSR count). The molecule has 0 aromatic heterocycles. The van der Waals surface area contributed by atoms with Crippen molar-refractivity contribution in [3.05, 3.63) is 34.9 Å². The Balaban J connectivity index is 1.70. The van der Waals surface area contributed by atoms with Crippen LogP contribution in [0.1, 0.15) is 18.4 Å². The molecule has 0 bridgehead atoms. The quantitative estimate of drug-likeness (QED) is 0.826. The lowest BCUT2D eigenvalue weighted by Gasteiger charge is -2.30. The van der Waals surface area contributed by atoms with Gasteiger partial charge in [-0.25, -0.2) is 0 Å². The summed E-state index contributed by atoms with van der Waals surface area (Å²) in [7, 11) is 0. The number of benzene rings is 1. The number of hydrogen-bond acceptors (Lipinski definition) is 3. The van der Waals surface area contributed by atoms with Crippen LogP contribution in [-0.2, 0) is 16.0 Å². The van der Waals surface area contributed by atoms with E-state index in [1.165, 1.54) is 0 Å². The zero-order valence-corrected chi connectivity index (χ0v) is 13.3. The fourth-order valence-corrected chi connectivity index (χ4v) is 2.94. The Labute approximate surface area is 135 Å². The summed E-state index contributed by atoms with van der Waals surface area (Å²) in [5.74, 6) is -0.425. The number of carbonyl (C=O) groups is 2. The summed E-state index contributed by atoms with van der Waals surface area (Å²) in [6.45, 7) is 2.31. The van der Waals surface area contributed by atoms with E-state index in [9.17, 15) is 9.59 Å². The number of nitrogens with two attached hydrogens (primary N) is 1. The van der Waals surface area contributed by atoms with Crippen LogP contribution in [0.3, 0.4) is 0 Å². The summed E-state index contributed by atoms with van der Waals surface area (Å²) >= 11 is 5.92. The lowest BCUT2D eigenvalue weighted by molar-refractivity contribution is -0.126. The highest BCUT2D eigenvalue weighted by atomic mass is 35.5. The highest BCUT2D eigenvalue weighted by Crippen LogP contribution is 2.15. The second kappa shape index (κ2) is 8.15. The molecule has 1 aliphatic heterocycles. The number of hydrogen-bond donors (Lipinski definition) is 2. The number of carbonyl (C=O) groups excluding carboxylic acids is 2. The fraction of sp³-hybridized carbons (Fsp3) is 0.500. The Bertz CT molecular complexity index is 536. The molecule has 0 unspecified atom stereocenters. The van der Waals surface area contributed by atoms with Crippen LogP contribution < -0.4 is 11.1 Å². The van der Waals surface area contributed by atoms with Gasteiger partial charge in [0.15, 0.2) is 0 Å². The maximum atomic E-state index is 11.9. The standard InChI is InChI=1S/C16H22ClN3O2/c17-14-5-1-3-12(9-14)6-7-19-15(21)11-20-8-2-4-13(10-20)16(18)22/h1,3,5,9,13H,2,4,6-8,10-11H2,(H2,18,22)(H,19,21)/t13-/m0/s1. The van der Waals surface area contributed by atoms with E-state index in [2.05, 4.69) is 5.32 Å². The van der Waals surface area contributed by atoms with Gasteiger partial charge in [0, 0.05) is 18.1 Å². The van der Waals surface area contributed by atoms with Gasteiger partial charge in [0.2, 0.25) is 11.8 Å². The molecular formula is C16H22ClN3O2. The highest BCUT2D eigenvalue weighted by molar-refractivity contribution is 6.30. The van der Waals surface area contributed by atoms with Crippen molar-refractivity contribution in [3.63, 3.8) is 0 Å². The molecule has 1 aromatic carbocycles. The van der Waals surface area contributed by atoms with E-state index in [0.717, 1.165) is 31.4 Å². The van der Waals surface area contributed by atoms with Crippen LogP contribution >= 0.6 is 11.6 Å². The maximum absolute atomic E-state index is 11.9.